The van der Waals surface area contributed by atoms with Crippen LogP contribution < -0.4 is 0 Å². The van der Waals surface area contributed by atoms with Crippen LogP contribution in [0.3, 0.4) is 0 Å². The molecule has 3 nitrogen and oxygen atoms in total. The van der Waals surface area contributed by atoms with Gasteiger partial charge in [-0.05, 0) is 32.4 Å². The topological polar surface area (TPSA) is 40.5 Å². The van der Waals surface area contributed by atoms with Crippen molar-refractivity contribution in [2.45, 2.75) is 45.5 Å². The molecule has 21 heavy (non-hydrogen) atoms. The molecule has 0 aliphatic carbocycles. The van der Waals surface area contributed by atoms with E-state index in [2.05, 4.69) is 0 Å². The van der Waals surface area contributed by atoms with Gasteiger partial charge in [0.15, 0.2) is 0 Å². The Balaban J connectivity index is 2.91. The molecule has 1 aromatic carbocycles. The van der Waals surface area contributed by atoms with E-state index < -0.39 is 17.7 Å². The Kier molecular flexibility index (Phi) is 5.39. The van der Waals surface area contributed by atoms with Crippen molar-refractivity contribution in [2.75, 3.05) is 6.54 Å². The Morgan fingerprint density at radius 2 is 1.86 bits per heavy atom. The standard InChI is InChI=1S/C15H20F3NO2/c1-14(2,3)19(8-7-13(20)21)10-11-5-4-6-12(9-11)15(16,17)18/h4-6,9H,7-8,10H2,1-3H3,(H,20,21). The van der Waals surface area contributed by atoms with E-state index in [4.69, 9.17) is 5.11 Å². The molecule has 0 atom stereocenters. The van der Waals surface area contributed by atoms with Crippen LogP contribution in [0.25, 0.3) is 0 Å². The van der Waals surface area contributed by atoms with Gasteiger partial charge >= 0.3 is 12.1 Å². The minimum Gasteiger partial charge on any atom is -0.481 e. The van der Waals surface area contributed by atoms with E-state index in [-0.39, 0.29) is 25.0 Å². The monoisotopic (exact) mass is 303 g/mol. The van der Waals surface area contributed by atoms with Gasteiger partial charge in [-0.25, -0.2) is 0 Å². The lowest BCUT2D eigenvalue weighted by atomic mass is 10.0. The van der Waals surface area contributed by atoms with Crippen LogP contribution in [0.15, 0.2) is 24.3 Å². The first-order chi connectivity index (χ1) is 9.50. The molecule has 0 spiro atoms. The fraction of sp³-hybridized carbons (Fsp3) is 0.533. The number of halogens is 3. The molecule has 0 aliphatic heterocycles. The summed E-state index contributed by atoms with van der Waals surface area (Å²) in [7, 11) is 0. The highest BCUT2D eigenvalue weighted by molar-refractivity contribution is 5.66. The minimum absolute atomic E-state index is 0.0454. The molecule has 1 aromatic rings. The van der Waals surface area contributed by atoms with Gasteiger partial charge in [-0.15, -0.1) is 0 Å². The summed E-state index contributed by atoms with van der Waals surface area (Å²) in [6.45, 7) is 6.28. The van der Waals surface area contributed by atoms with Crippen molar-refractivity contribution in [3.8, 4) is 0 Å². The zero-order valence-electron chi connectivity index (χ0n) is 12.4. The van der Waals surface area contributed by atoms with Crippen molar-refractivity contribution >= 4 is 5.97 Å². The summed E-state index contributed by atoms with van der Waals surface area (Å²) in [5.74, 6) is -0.923. The molecule has 0 fully saturated rings. The fourth-order valence-electron chi connectivity index (χ4n) is 1.95. The molecule has 1 rings (SSSR count). The summed E-state index contributed by atoms with van der Waals surface area (Å²) in [5.41, 5.74) is -0.499. The quantitative estimate of drug-likeness (QED) is 0.900. The maximum absolute atomic E-state index is 12.7. The van der Waals surface area contributed by atoms with Crippen LogP contribution in [0.4, 0.5) is 13.2 Å². The third kappa shape index (κ3) is 5.75. The smallest absolute Gasteiger partial charge is 0.416 e. The molecular weight excluding hydrogens is 283 g/mol. The molecule has 0 bridgehead atoms. The molecule has 1 N–H and O–H groups in total. The second-order valence-electron chi connectivity index (χ2n) is 5.93. The van der Waals surface area contributed by atoms with Gasteiger partial charge < -0.3 is 5.11 Å². The third-order valence-electron chi connectivity index (χ3n) is 3.17. The van der Waals surface area contributed by atoms with E-state index in [0.717, 1.165) is 12.1 Å². The van der Waals surface area contributed by atoms with Crippen LogP contribution >= 0.6 is 0 Å². The van der Waals surface area contributed by atoms with Crippen molar-refractivity contribution in [2.24, 2.45) is 0 Å². The third-order valence-corrected chi connectivity index (χ3v) is 3.17. The van der Waals surface area contributed by atoms with Crippen LogP contribution in [0, 0.1) is 0 Å². The zero-order chi connectivity index (χ0) is 16.3. The molecule has 0 amide bonds. The molecule has 0 aromatic heterocycles. The first-order valence-corrected chi connectivity index (χ1v) is 6.63. The number of carboxylic acid groups (broad SMARTS) is 1. The van der Waals surface area contributed by atoms with Gasteiger partial charge in [-0.2, -0.15) is 13.2 Å². The number of carbonyl (C=O) groups is 1. The van der Waals surface area contributed by atoms with E-state index in [9.17, 15) is 18.0 Å². The van der Waals surface area contributed by atoms with Gasteiger partial charge in [0.25, 0.3) is 0 Å². The Labute approximate surface area is 122 Å². The molecule has 0 aliphatic rings. The highest BCUT2D eigenvalue weighted by atomic mass is 19.4. The molecule has 0 saturated carbocycles. The van der Waals surface area contributed by atoms with Gasteiger partial charge in [0, 0.05) is 18.6 Å². The first kappa shape index (κ1) is 17.5. The Hall–Kier alpha value is -1.56. The average Bonchev–Trinajstić information content (AvgIpc) is 2.32. The SMILES string of the molecule is CC(C)(C)N(CCC(=O)O)Cc1cccc(C(F)(F)F)c1. The molecule has 0 radical (unpaired) electrons. The van der Waals surface area contributed by atoms with Crippen LogP contribution in [0.2, 0.25) is 0 Å². The van der Waals surface area contributed by atoms with Crippen LogP contribution in [0.1, 0.15) is 38.3 Å². The van der Waals surface area contributed by atoms with Crippen molar-refractivity contribution in [3.05, 3.63) is 35.4 Å². The number of nitrogens with zero attached hydrogens (tertiary/aromatic N) is 1. The minimum atomic E-state index is -4.37. The molecule has 118 valence electrons. The fourth-order valence-corrected chi connectivity index (χ4v) is 1.95. The van der Waals surface area contributed by atoms with Crippen molar-refractivity contribution in [1.29, 1.82) is 0 Å². The number of benzene rings is 1. The summed E-state index contributed by atoms with van der Waals surface area (Å²) in [6, 6.07) is 5.13. The first-order valence-electron chi connectivity index (χ1n) is 6.63. The lowest BCUT2D eigenvalue weighted by Crippen LogP contribution is -2.42. The number of carboxylic acids is 1. The van der Waals surface area contributed by atoms with Crippen LogP contribution in [-0.4, -0.2) is 28.1 Å². The summed E-state index contributed by atoms with van der Waals surface area (Å²) in [5, 5.41) is 8.77. The number of hydrogen-bond donors (Lipinski definition) is 1. The van der Waals surface area contributed by atoms with E-state index in [1.165, 1.54) is 6.07 Å². The summed E-state index contributed by atoms with van der Waals surface area (Å²) >= 11 is 0. The van der Waals surface area contributed by atoms with Gasteiger partial charge in [0.05, 0.1) is 12.0 Å². The van der Waals surface area contributed by atoms with Crippen molar-refractivity contribution < 1.29 is 23.1 Å². The van der Waals surface area contributed by atoms with Crippen LogP contribution in [0.5, 0.6) is 0 Å². The summed E-state index contributed by atoms with van der Waals surface area (Å²) < 4.78 is 38.1. The molecule has 6 heteroatoms. The Bertz CT molecular complexity index is 492. The predicted octanol–water partition coefficient (Wildman–Crippen LogP) is 3.78. The zero-order valence-corrected chi connectivity index (χ0v) is 12.4. The van der Waals surface area contributed by atoms with Crippen LogP contribution in [-0.2, 0) is 17.5 Å². The number of aliphatic carboxylic acids is 1. The Morgan fingerprint density at radius 3 is 2.33 bits per heavy atom. The van der Waals surface area contributed by atoms with Crippen molar-refractivity contribution in [1.82, 2.24) is 4.90 Å². The lowest BCUT2D eigenvalue weighted by molar-refractivity contribution is -0.138. The van der Waals surface area contributed by atoms with Gasteiger partial charge in [0.1, 0.15) is 0 Å². The number of alkyl halides is 3. The summed E-state index contributed by atoms with van der Waals surface area (Å²) in [6.07, 6.45) is -4.42. The maximum Gasteiger partial charge on any atom is 0.416 e. The molecular formula is C15H20F3NO2. The lowest BCUT2D eigenvalue weighted by Gasteiger charge is -2.35. The van der Waals surface area contributed by atoms with Crippen molar-refractivity contribution in [3.63, 3.8) is 0 Å². The maximum atomic E-state index is 12.7. The second-order valence-corrected chi connectivity index (χ2v) is 5.93. The van der Waals surface area contributed by atoms with E-state index in [1.807, 2.05) is 25.7 Å². The van der Waals surface area contributed by atoms with Gasteiger partial charge in [0.2, 0.25) is 0 Å². The van der Waals surface area contributed by atoms with Gasteiger partial charge in [-0.1, -0.05) is 18.2 Å². The summed E-state index contributed by atoms with van der Waals surface area (Å²) in [4.78, 5) is 12.6. The highest BCUT2D eigenvalue weighted by Crippen LogP contribution is 2.30. The largest absolute Gasteiger partial charge is 0.481 e. The second kappa shape index (κ2) is 6.47. The van der Waals surface area contributed by atoms with E-state index in [0.29, 0.717) is 5.56 Å². The number of hydrogen-bond acceptors (Lipinski definition) is 2. The Morgan fingerprint density at radius 1 is 1.24 bits per heavy atom. The van der Waals surface area contributed by atoms with E-state index in [1.54, 1.807) is 6.07 Å². The molecule has 0 saturated heterocycles. The molecule has 0 unspecified atom stereocenters. The highest BCUT2D eigenvalue weighted by Gasteiger charge is 2.30. The average molecular weight is 303 g/mol. The number of rotatable bonds is 5. The predicted molar refractivity (Wildman–Crippen MR) is 73.9 cm³/mol. The molecule has 0 heterocycles. The van der Waals surface area contributed by atoms with E-state index >= 15 is 0 Å². The van der Waals surface area contributed by atoms with Gasteiger partial charge in [-0.3, -0.25) is 9.69 Å². The normalized spacial score (nSPS) is 12.7.